The monoisotopic (exact) mass is 227 g/mol. The number of carbonyl (C=O) groups excluding carboxylic acids is 1. The van der Waals surface area contributed by atoms with Crippen LogP contribution in [0.2, 0.25) is 0 Å². The van der Waals surface area contributed by atoms with Crippen LogP contribution in [0.3, 0.4) is 0 Å². The van der Waals surface area contributed by atoms with Crippen LogP contribution >= 0.6 is 0 Å². The number of aliphatic hydroxyl groups excluding tert-OH is 1. The van der Waals surface area contributed by atoms with Gasteiger partial charge >= 0.3 is 5.97 Å². The van der Waals surface area contributed by atoms with Gasteiger partial charge in [0.25, 0.3) is 5.91 Å². The zero-order chi connectivity index (χ0) is 12.3. The molecule has 0 saturated heterocycles. The number of aromatic amines is 1. The largest absolute Gasteiger partial charge is 0.477 e. The fourth-order valence-corrected chi connectivity index (χ4v) is 1.04. The van der Waals surface area contributed by atoms with Gasteiger partial charge in [-0.3, -0.25) is 4.79 Å². The Labute approximate surface area is 91.5 Å². The summed E-state index contributed by atoms with van der Waals surface area (Å²) >= 11 is 0. The number of imidazole rings is 1. The van der Waals surface area contributed by atoms with Crippen LogP contribution in [-0.4, -0.2) is 44.2 Å². The van der Waals surface area contributed by atoms with Crippen molar-refractivity contribution in [2.24, 2.45) is 0 Å². The normalized spacial score (nSPS) is 11.2. The van der Waals surface area contributed by atoms with Gasteiger partial charge in [-0.2, -0.15) is 0 Å². The van der Waals surface area contributed by atoms with Crippen molar-refractivity contribution in [3.05, 3.63) is 17.7 Å². The van der Waals surface area contributed by atoms with Crippen LogP contribution in [0.15, 0.2) is 6.33 Å². The summed E-state index contributed by atoms with van der Waals surface area (Å²) in [5, 5.41) is 20.2. The highest BCUT2D eigenvalue weighted by atomic mass is 16.4. The summed E-state index contributed by atoms with van der Waals surface area (Å²) in [6, 6.07) is 0. The number of aromatic nitrogens is 2. The Morgan fingerprint density at radius 2 is 2.19 bits per heavy atom. The number of carboxylic acids is 1. The molecule has 0 fully saturated rings. The van der Waals surface area contributed by atoms with Crippen LogP contribution in [0.5, 0.6) is 0 Å². The minimum absolute atomic E-state index is 0.200. The molecule has 0 atom stereocenters. The topological polar surface area (TPSA) is 115 Å². The maximum atomic E-state index is 11.6. The molecule has 16 heavy (non-hydrogen) atoms. The summed E-state index contributed by atoms with van der Waals surface area (Å²) in [5.74, 6) is -1.90. The standard InChI is InChI=1S/C9H13N3O4/c1-9(2,3-13)12-7(14)5-6(8(15)16)11-4-10-5/h4,13H,3H2,1-2H3,(H,10,11)(H,12,14)(H,15,16). The van der Waals surface area contributed by atoms with E-state index in [9.17, 15) is 9.59 Å². The molecule has 0 aliphatic rings. The molecule has 0 aliphatic carbocycles. The van der Waals surface area contributed by atoms with E-state index in [-0.39, 0.29) is 18.0 Å². The SMILES string of the molecule is CC(C)(CO)NC(=O)c1nc[nH]c1C(=O)O. The molecule has 1 amide bonds. The summed E-state index contributed by atoms with van der Waals surface area (Å²) in [7, 11) is 0. The highest BCUT2D eigenvalue weighted by Gasteiger charge is 2.25. The molecule has 0 saturated carbocycles. The highest BCUT2D eigenvalue weighted by molar-refractivity contribution is 6.02. The summed E-state index contributed by atoms with van der Waals surface area (Å²) < 4.78 is 0. The van der Waals surface area contributed by atoms with E-state index < -0.39 is 17.4 Å². The van der Waals surface area contributed by atoms with E-state index in [1.54, 1.807) is 13.8 Å². The molecule has 1 aromatic rings. The Morgan fingerprint density at radius 3 is 2.69 bits per heavy atom. The maximum Gasteiger partial charge on any atom is 0.354 e. The first kappa shape index (κ1) is 12.2. The van der Waals surface area contributed by atoms with Crippen LogP contribution in [0, 0.1) is 0 Å². The number of rotatable bonds is 4. The van der Waals surface area contributed by atoms with Crippen LogP contribution < -0.4 is 5.32 Å². The lowest BCUT2D eigenvalue weighted by Gasteiger charge is -2.22. The van der Waals surface area contributed by atoms with E-state index >= 15 is 0 Å². The Kier molecular flexibility index (Phi) is 3.28. The predicted molar refractivity (Wildman–Crippen MR) is 54.2 cm³/mol. The van der Waals surface area contributed by atoms with Gasteiger partial charge in [0, 0.05) is 0 Å². The Balaban J connectivity index is 2.89. The molecular formula is C9H13N3O4. The van der Waals surface area contributed by atoms with Gasteiger partial charge in [0.15, 0.2) is 11.4 Å². The lowest BCUT2D eigenvalue weighted by atomic mass is 10.1. The molecule has 88 valence electrons. The van der Waals surface area contributed by atoms with Crippen LogP contribution in [-0.2, 0) is 0 Å². The lowest BCUT2D eigenvalue weighted by molar-refractivity contribution is 0.0682. The molecule has 0 bridgehead atoms. The fourth-order valence-electron chi connectivity index (χ4n) is 1.04. The van der Waals surface area contributed by atoms with Gasteiger partial charge in [0.05, 0.1) is 18.5 Å². The molecular weight excluding hydrogens is 214 g/mol. The first-order chi connectivity index (χ1) is 7.37. The molecule has 0 radical (unpaired) electrons. The fraction of sp³-hybridized carbons (Fsp3) is 0.444. The summed E-state index contributed by atoms with van der Waals surface area (Å²) in [6.45, 7) is 2.96. The van der Waals surface area contributed by atoms with Crippen LogP contribution in [0.4, 0.5) is 0 Å². The van der Waals surface area contributed by atoms with Crippen molar-refractivity contribution in [3.8, 4) is 0 Å². The maximum absolute atomic E-state index is 11.6. The number of aromatic carboxylic acids is 1. The van der Waals surface area contributed by atoms with E-state index in [0.717, 1.165) is 6.33 Å². The number of hydrogen-bond acceptors (Lipinski definition) is 4. The number of carbonyl (C=O) groups is 2. The van der Waals surface area contributed by atoms with Gasteiger partial charge in [-0.05, 0) is 13.8 Å². The molecule has 1 rings (SSSR count). The number of nitrogens with zero attached hydrogens (tertiary/aromatic N) is 1. The van der Waals surface area contributed by atoms with Crippen molar-refractivity contribution in [1.82, 2.24) is 15.3 Å². The van der Waals surface area contributed by atoms with E-state index in [2.05, 4.69) is 15.3 Å². The highest BCUT2D eigenvalue weighted by Crippen LogP contribution is 2.06. The van der Waals surface area contributed by atoms with Gasteiger partial charge in [0.1, 0.15) is 0 Å². The molecule has 1 heterocycles. The zero-order valence-electron chi connectivity index (χ0n) is 8.94. The van der Waals surface area contributed by atoms with E-state index in [1.807, 2.05) is 0 Å². The smallest absolute Gasteiger partial charge is 0.354 e. The Bertz CT molecular complexity index is 411. The van der Waals surface area contributed by atoms with Crippen molar-refractivity contribution >= 4 is 11.9 Å². The van der Waals surface area contributed by atoms with E-state index in [1.165, 1.54) is 0 Å². The van der Waals surface area contributed by atoms with Crippen molar-refractivity contribution in [3.63, 3.8) is 0 Å². The molecule has 4 N–H and O–H groups in total. The van der Waals surface area contributed by atoms with Crippen LogP contribution in [0.25, 0.3) is 0 Å². The minimum atomic E-state index is -1.26. The van der Waals surface area contributed by atoms with Gasteiger partial charge in [-0.15, -0.1) is 0 Å². The van der Waals surface area contributed by atoms with Crippen molar-refractivity contribution in [1.29, 1.82) is 0 Å². The van der Waals surface area contributed by atoms with Crippen molar-refractivity contribution in [2.75, 3.05) is 6.61 Å². The number of amides is 1. The van der Waals surface area contributed by atoms with E-state index in [4.69, 9.17) is 10.2 Å². The predicted octanol–water partition coefficient (Wildman–Crippen LogP) is -0.391. The average Bonchev–Trinajstić information content (AvgIpc) is 2.65. The zero-order valence-corrected chi connectivity index (χ0v) is 8.94. The van der Waals surface area contributed by atoms with Gasteiger partial charge in [-0.25, -0.2) is 9.78 Å². The third-order valence-electron chi connectivity index (χ3n) is 1.92. The number of nitrogens with one attached hydrogen (secondary N) is 2. The third kappa shape index (κ3) is 2.57. The molecule has 0 aromatic carbocycles. The van der Waals surface area contributed by atoms with Gasteiger partial charge in [-0.1, -0.05) is 0 Å². The Hall–Kier alpha value is -1.89. The second kappa shape index (κ2) is 4.31. The van der Waals surface area contributed by atoms with Crippen molar-refractivity contribution in [2.45, 2.75) is 19.4 Å². The van der Waals surface area contributed by atoms with Gasteiger partial charge < -0.3 is 20.5 Å². The first-order valence-corrected chi connectivity index (χ1v) is 4.57. The minimum Gasteiger partial charge on any atom is -0.477 e. The van der Waals surface area contributed by atoms with Gasteiger partial charge in [0.2, 0.25) is 0 Å². The quantitative estimate of drug-likeness (QED) is 0.559. The lowest BCUT2D eigenvalue weighted by Crippen LogP contribution is -2.46. The summed E-state index contributed by atoms with van der Waals surface area (Å²) in [4.78, 5) is 28.3. The molecule has 0 spiro atoms. The number of hydrogen-bond donors (Lipinski definition) is 4. The third-order valence-corrected chi connectivity index (χ3v) is 1.92. The molecule has 7 heteroatoms. The number of carboxylic acid groups (broad SMARTS) is 1. The average molecular weight is 227 g/mol. The summed E-state index contributed by atoms with van der Waals surface area (Å²) in [5.41, 5.74) is -1.30. The molecule has 0 unspecified atom stereocenters. The molecule has 7 nitrogen and oxygen atoms in total. The second-order valence-electron chi connectivity index (χ2n) is 3.93. The number of H-pyrrole nitrogens is 1. The summed E-state index contributed by atoms with van der Waals surface area (Å²) in [6.07, 6.45) is 1.13. The second-order valence-corrected chi connectivity index (χ2v) is 3.93. The van der Waals surface area contributed by atoms with Crippen LogP contribution in [0.1, 0.15) is 34.8 Å². The Morgan fingerprint density at radius 1 is 1.56 bits per heavy atom. The van der Waals surface area contributed by atoms with Crippen molar-refractivity contribution < 1.29 is 19.8 Å². The van der Waals surface area contributed by atoms with E-state index in [0.29, 0.717) is 0 Å². The first-order valence-electron chi connectivity index (χ1n) is 4.57. The number of aliphatic hydroxyl groups is 1. The molecule has 1 aromatic heterocycles. The molecule has 0 aliphatic heterocycles.